The SMILES string of the molecule is Cc1cc(C)c(CC(=O)Nc2nc3cc4c(cc3s2)OCO4)c(C)c1. The zero-order chi connectivity index (χ0) is 17.6. The number of anilines is 1. The fourth-order valence-electron chi connectivity index (χ4n) is 3.18. The summed E-state index contributed by atoms with van der Waals surface area (Å²) in [5.41, 5.74) is 5.37. The van der Waals surface area contributed by atoms with Gasteiger partial charge in [-0.2, -0.15) is 0 Å². The molecule has 1 aliphatic heterocycles. The van der Waals surface area contributed by atoms with Crippen molar-refractivity contribution in [3.05, 3.63) is 46.5 Å². The summed E-state index contributed by atoms with van der Waals surface area (Å²) < 4.78 is 11.7. The van der Waals surface area contributed by atoms with Crippen molar-refractivity contribution in [1.29, 1.82) is 0 Å². The van der Waals surface area contributed by atoms with E-state index in [9.17, 15) is 4.79 Å². The second kappa shape index (κ2) is 6.04. The number of thiazole rings is 1. The lowest BCUT2D eigenvalue weighted by molar-refractivity contribution is -0.115. The molecule has 4 rings (SSSR count). The van der Waals surface area contributed by atoms with Gasteiger partial charge in [0.05, 0.1) is 16.6 Å². The van der Waals surface area contributed by atoms with Crippen LogP contribution in [0.15, 0.2) is 24.3 Å². The Labute approximate surface area is 149 Å². The topological polar surface area (TPSA) is 60.5 Å². The third-order valence-corrected chi connectivity index (χ3v) is 5.24. The van der Waals surface area contributed by atoms with Crippen molar-refractivity contribution in [2.45, 2.75) is 27.2 Å². The van der Waals surface area contributed by atoms with E-state index in [2.05, 4.69) is 29.4 Å². The van der Waals surface area contributed by atoms with Crippen molar-refractivity contribution in [3.8, 4) is 11.5 Å². The minimum Gasteiger partial charge on any atom is -0.454 e. The van der Waals surface area contributed by atoms with Gasteiger partial charge in [0.25, 0.3) is 0 Å². The van der Waals surface area contributed by atoms with Gasteiger partial charge in [-0.3, -0.25) is 4.79 Å². The fourth-order valence-corrected chi connectivity index (χ4v) is 4.08. The van der Waals surface area contributed by atoms with Gasteiger partial charge in [0.1, 0.15) is 0 Å². The highest BCUT2D eigenvalue weighted by Crippen LogP contribution is 2.38. The van der Waals surface area contributed by atoms with E-state index < -0.39 is 0 Å². The van der Waals surface area contributed by atoms with E-state index in [4.69, 9.17) is 9.47 Å². The summed E-state index contributed by atoms with van der Waals surface area (Å²) in [7, 11) is 0. The van der Waals surface area contributed by atoms with Gasteiger partial charge in [0, 0.05) is 12.1 Å². The molecule has 0 bridgehead atoms. The zero-order valence-electron chi connectivity index (χ0n) is 14.3. The van der Waals surface area contributed by atoms with Crippen LogP contribution in [0.3, 0.4) is 0 Å². The lowest BCUT2D eigenvalue weighted by Gasteiger charge is -2.10. The molecule has 2 heterocycles. The zero-order valence-corrected chi connectivity index (χ0v) is 15.1. The molecule has 1 aliphatic rings. The molecular formula is C19H18N2O3S. The molecule has 0 saturated carbocycles. The predicted molar refractivity (Wildman–Crippen MR) is 98.7 cm³/mol. The quantitative estimate of drug-likeness (QED) is 0.768. The average molecular weight is 354 g/mol. The first-order valence-electron chi connectivity index (χ1n) is 8.06. The van der Waals surface area contributed by atoms with Crippen molar-refractivity contribution >= 4 is 32.6 Å². The molecule has 25 heavy (non-hydrogen) atoms. The van der Waals surface area contributed by atoms with Crippen LogP contribution >= 0.6 is 11.3 Å². The Kier molecular flexibility index (Phi) is 3.84. The number of nitrogens with one attached hydrogen (secondary N) is 1. The molecule has 0 saturated heterocycles. The van der Waals surface area contributed by atoms with E-state index in [1.807, 2.05) is 26.0 Å². The Balaban J connectivity index is 1.54. The minimum atomic E-state index is -0.0610. The van der Waals surface area contributed by atoms with Gasteiger partial charge < -0.3 is 14.8 Å². The van der Waals surface area contributed by atoms with Crippen molar-refractivity contribution in [3.63, 3.8) is 0 Å². The van der Waals surface area contributed by atoms with Gasteiger partial charge in [0.15, 0.2) is 16.6 Å². The Bertz CT molecular complexity index is 930. The van der Waals surface area contributed by atoms with E-state index >= 15 is 0 Å². The van der Waals surface area contributed by atoms with Crippen LogP contribution < -0.4 is 14.8 Å². The predicted octanol–water partition coefficient (Wildman–Crippen LogP) is 4.13. The van der Waals surface area contributed by atoms with Gasteiger partial charge in [-0.1, -0.05) is 29.0 Å². The monoisotopic (exact) mass is 354 g/mol. The number of rotatable bonds is 3. The maximum Gasteiger partial charge on any atom is 0.231 e. The average Bonchev–Trinajstić information content (AvgIpc) is 3.13. The summed E-state index contributed by atoms with van der Waals surface area (Å²) in [6, 6.07) is 7.96. The number of aryl methyl sites for hydroxylation is 3. The second-order valence-electron chi connectivity index (χ2n) is 6.29. The summed E-state index contributed by atoms with van der Waals surface area (Å²) in [6.45, 7) is 6.39. The first kappa shape index (κ1) is 15.9. The third-order valence-electron chi connectivity index (χ3n) is 4.31. The highest BCUT2D eigenvalue weighted by atomic mass is 32.1. The summed E-state index contributed by atoms with van der Waals surface area (Å²) in [4.78, 5) is 16.9. The van der Waals surface area contributed by atoms with Crippen LogP contribution in [-0.4, -0.2) is 17.7 Å². The highest BCUT2D eigenvalue weighted by Gasteiger charge is 2.17. The molecule has 1 aromatic heterocycles. The van der Waals surface area contributed by atoms with Gasteiger partial charge >= 0.3 is 0 Å². The molecule has 1 amide bonds. The van der Waals surface area contributed by atoms with Gasteiger partial charge in [-0.05, 0) is 37.5 Å². The standard InChI is InChI=1S/C19H18N2O3S/c1-10-4-11(2)13(12(3)5-10)6-18(22)21-19-20-14-7-15-16(24-9-23-15)8-17(14)25-19/h4-5,7-8H,6,9H2,1-3H3,(H,20,21,22). The first-order valence-corrected chi connectivity index (χ1v) is 8.88. The number of fused-ring (bicyclic) bond motifs is 2. The Morgan fingerprint density at radius 1 is 1.12 bits per heavy atom. The van der Waals surface area contributed by atoms with Crippen LogP contribution in [0.5, 0.6) is 11.5 Å². The number of benzene rings is 2. The molecule has 0 radical (unpaired) electrons. The van der Waals surface area contributed by atoms with E-state index in [1.54, 1.807) is 0 Å². The summed E-state index contributed by atoms with van der Waals surface area (Å²) in [5.74, 6) is 1.36. The smallest absolute Gasteiger partial charge is 0.231 e. The maximum absolute atomic E-state index is 12.5. The molecule has 1 N–H and O–H groups in total. The number of carbonyl (C=O) groups is 1. The van der Waals surface area contributed by atoms with Crippen molar-refractivity contribution in [2.24, 2.45) is 0 Å². The van der Waals surface area contributed by atoms with E-state index in [-0.39, 0.29) is 12.7 Å². The number of hydrogen-bond donors (Lipinski definition) is 1. The molecule has 2 aromatic carbocycles. The Morgan fingerprint density at radius 3 is 2.52 bits per heavy atom. The summed E-state index contributed by atoms with van der Waals surface area (Å²) in [6.07, 6.45) is 0.344. The number of aromatic nitrogens is 1. The Morgan fingerprint density at radius 2 is 1.80 bits per heavy atom. The molecule has 5 nitrogen and oxygen atoms in total. The fraction of sp³-hybridized carbons (Fsp3) is 0.263. The Hall–Kier alpha value is -2.60. The maximum atomic E-state index is 12.5. The number of amides is 1. The van der Waals surface area contributed by atoms with Crippen LogP contribution in [0, 0.1) is 20.8 Å². The number of hydrogen-bond acceptors (Lipinski definition) is 5. The molecule has 0 atom stereocenters. The molecule has 0 spiro atoms. The van der Waals surface area contributed by atoms with E-state index in [1.165, 1.54) is 16.9 Å². The molecule has 0 fully saturated rings. The number of carbonyl (C=O) groups excluding carboxylic acids is 1. The summed E-state index contributed by atoms with van der Waals surface area (Å²) in [5, 5.41) is 3.50. The molecule has 6 heteroatoms. The van der Waals surface area contributed by atoms with Crippen LogP contribution in [0.4, 0.5) is 5.13 Å². The highest BCUT2D eigenvalue weighted by molar-refractivity contribution is 7.22. The molecule has 0 unspecified atom stereocenters. The van der Waals surface area contributed by atoms with Crippen molar-refractivity contribution < 1.29 is 14.3 Å². The number of ether oxygens (including phenoxy) is 2. The van der Waals surface area contributed by atoms with Gasteiger partial charge in [-0.25, -0.2) is 4.98 Å². The number of nitrogens with zero attached hydrogens (tertiary/aromatic N) is 1. The third kappa shape index (κ3) is 3.05. The van der Waals surface area contributed by atoms with E-state index in [0.29, 0.717) is 17.3 Å². The van der Waals surface area contributed by atoms with Crippen molar-refractivity contribution in [1.82, 2.24) is 4.98 Å². The lowest BCUT2D eigenvalue weighted by atomic mass is 9.97. The summed E-state index contributed by atoms with van der Waals surface area (Å²) >= 11 is 1.43. The minimum absolute atomic E-state index is 0.0610. The van der Waals surface area contributed by atoms with Crippen LogP contribution in [0.2, 0.25) is 0 Å². The first-order chi connectivity index (χ1) is 12.0. The molecular weight excluding hydrogens is 336 g/mol. The van der Waals surface area contributed by atoms with Crippen molar-refractivity contribution in [2.75, 3.05) is 12.1 Å². The van der Waals surface area contributed by atoms with Gasteiger partial charge in [0.2, 0.25) is 12.7 Å². The molecule has 0 aliphatic carbocycles. The second-order valence-corrected chi connectivity index (χ2v) is 7.33. The molecule has 3 aromatic rings. The van der Waals surface area contributed by atoms with Crippen LogP contribution in [0.1, 0.15) is 22.3 Å². The normalized spacial score (nSPS) is 12.6. The lowest BCUT2D eigenvalue weighted by Crippen LogP contribution is -2.15. The van der Waals surface area contributed by atoms with Gasteiger partial charge in [-0.15, -0.1) is 0 Å². The van der Waals surface area contributed by atoms with Crippen LogP contribution in [-0.2, 0) is 11.2 Å². The molecule has 128 valence electrons. The van der Waals surface area contributed by atoms with E-state index in [0.717, 1.165) is 32.7 Å². The van der Waals surface area contributed by atoms with Crippen LogP contribution in [0.25, 0.3) is 10.2 Å². The largest absolute Gasteiger partial charge is 0.454 e.